The quantitative estimate of drug-likeness (QED) is 0.210. The summed E-state index contributed by atoms with van der Waals surface area (Å²) in [5.74, 6) is -2.01. The lowest BCUT2D eigenvalue weighted by Gasteiger charge is -2.61. The summed E-state index contributed by atoms with van der Waals surface area (Å²) < 4.78 is 27.7. The minimum absolute atomic E-state index is 0.0375. The summed E-state index contributed by atoms with van der Waals surface area (Å²) in [6.07, 6.45) is 6.69. The third-order valence-corrected chi connectivity index (χ3v) is 12.0. The smallest absolute Gasteiger partial charge is 0.344 e. The normalized spacial score (nSPS) is 39.2. The lowest BCUT2D eigenvalue weighted by atomic mass is 9.46. The fourth-order valence-electron chi connectivity index (χ4n) is 9.61. The van der Waals surface area contributed by atoms with E-state index in [9.17, 15) is 24.0 Å². The van der Waals surface area contributed by atoms with E-state index in [0.29, 0.717) is 30.6 Å². The summed E-state index contributed by atoms with van der Waals surface area (Å²) in [4.78, 5) is 64.0. The Morgan fingerprint density at radius 1 is 0.857 bits per heavy atom. The fraction of sp³-hybridized carbons (Fsp3) is 0.844. The van der Waals surface area contributed by atoms with Gasteiger partial charge in [-0.3, -0.25) is 14.4 Å². The topological polar surface area (TPSA) is 132 Å². The van der Waals surface area contributed by atoms with Crippen molar-refractivity contribution in [1.82, 2.24) is 0 Å². The highest BCUT2D eigenvalue weighted by atomic mass is 16.6. The molecule has 7 rings (SSSR count). The van der Waals surface area contributed by atoms with Gasteiger partial charge < -0.3 is 23.7 Å². The molecule has 7 aliphatic rings. The van der Waals surface area contributed by atoms with Crippen molar-refractivity contribution in [3.63, 3.8) is 0 Å². The molecule has 0 aromatic heterocycles. The Labute approximate surface area is 246 Å². The van der Waals surface area contributed by atoms with Crippen LogP contribution in [0.25, 0.3) is 0 Å². The van der Waals surface area contributed by atoms with Crippen molar-refractivity contribution in [3.05, 3.63) is 0 Å². The molecule has 0 spiro atoms. The Kier molecular flexibility index (Phi) is 6.97. The van der Waals surface area contributed by atoms with Gasteiger partial charge >= 0.3 is 29.8 Å². The maximum absolute atomic E-state index is 13.3. The third kappa shape index (κ3) is 4.53. The summed E-state index contributed by atoms with van der Waals surface area (Å²) >= 11 is 0. The Hall–Kier alpha value is -2.65. The van der Waals surface area contributed by atoms with E-state index in [0.717, 1.165) is 19.3 Å². The minimum Gasteiger partial charge on any atom is -0.457 e. The molecule has 1 heterocycles. The second-order valence-corrected chi connectivity index (χ2v) is 15.2. The average Bonchev–Trinajstić information content (AvgIpc) is 3.52. The highest BCUT2D eigenvalue weighted by Crippen LogP contribution is 2.65. The standard InChI is InChI=1S/C32H44O10/c1-6-29(2,3)26(35)38-15-22(33)40-24-20-10-21-25(24)41-28(37)32(21,14-20)27(36)39-16-23(34)42-30(4,5)31-11-17-7-18(12-31)9-19(8-17)13-31/h17-21,24-25H,6-16H2,1-5H3. The first-order valence-electron chi connectivity index (χ1n) is 15.7. The first-order chi connectivity index (χ1) is 19.7. The largest absolute Gasteiger partial charge is 0.457 e. The van der Waals surface area contributed by atoms with Crippen molar-refractivity contribution in [2.75, 3.05) is 13.2 Å². The number of fused-ring (bicyclic) bond motifs is 1. The second kappa shape index (κ2) is 9.94. The first-order valence-corrected chi connectivity index (χ1v) is 15.7. The summed E-state index contributed by atoms with van der Waals surface area (Å²) in [6, 6.07) is 0. The van der Waals surface area contributed by atoms with Crippen LogP contribution in [0.15, 0.2) is 0 Å². The van der Waals surface area contributed by atoms with Gasteiger partial charge in [-0.25, -0.2) is 9.59 Å². The number of carbonyl (C=O) groups excluding carboxylic acids is 5. The van der Waals surface area contributed by atoms with Gasteiger partial charge in [0.15, 0.2) is 18.6 Å². The number of hydrogen-bond acceptors (Lipinski definition) is 10. The van der Waals surface area contributed by atoms with Crippen LogP contribution in [-0.4, -0.2) is 60.9 Å². The van der Waals surface area contributed by atoms with Crippen molar-refractivity contribution < 1.29 is 47.7 Å². The van der Waals surface area contributed by atoms with Crippen LogP contribution in [0.2, 0.25) is 0 Å². The molecule has 10 heteroatoms. The van der Waals surface area contributed by atoms with Crippen LogP contribution in [0, 0.1) is 45.8 Å². The summed E-state index contributed by atoms with van der Waals surface area (Å²) in [5.41, 5.74) is -2.94. The Balaban J connectivity index is 1.03. The fourth-order valence-corrected chi connectivity index (χ4v) is 9.61. The molecule has 0 N–H and O–H groups in total. The monoisotopic (exact) mass is 588 g/mol. The number of rotatable bonds is 10. The molecule has 5 unspecified atom stereocenters. The zero-order valence-electron chi connectivity index (χ0n) is 25.4. The summed E-state index contributed by atoms with van der Waals surface area (Å²) in [7, 11) is 0. The zero-order valence-corrected chi connectivity index (χ0v) is 25.4. The highest BCUT2D eigenvalue weighted by molar-refractivity contribution is 6.03. The molecule has 1 aliphatic heterocycles. The minimum atomic E-state index is -1.51. The van der Waals surface area contributed by atoms with Crippen molar-refractivity contribution in [3.8, 4) is 0 Å². The van der Waals surface area contributed by atoms with E-state index >= 15 is 0 Å². The van der Waals surface area contributed by atoms with Crippen LogP contribution in [0.5, 0.6) is 0 Å². The number of ether oxygens (including phenoxy) is 5. The maximum Gasteiger partial charge on any atom is 0.344 e. The van der Waals surface area contributed by atoms with Crippen LogP contribution >= 0.6 is 0 Å². The second-order valence-electron chi connectivity index (χ2n) is 15.2. The molecule has 6 bridgehead atoms. The van der Waals surface area contributed by atoms with E-state index in [4.69, 9.17) is 23.7 Å². The van der Waals surface area contributed by atoms with Gasteiger partial charge in [-0.1, -0.05) is 6.92 Å². The molecule has 0 aromatic carbocycles. The lowest BCUT2D eigenvalue weighted by Crippen LogP contribution is -2.57. The van der Waals surface area contributed by atoms with Crippen LogP contribution < -0.4 is 0 Å². The van der Waals surface area contributed by atoms with E-state index < -0.39 is 77.6 Å². The Morgan fingerprint density at radius 3 is 2.05 bits per heavy atom. The Morgan fingerprint density at radius 2 is 1.45 bits per heavy atom. The predicted molar refractivity (Wildman–Crippen MR) is 145 cm³/mol. The molecule has 42 heavy (non-hydrogen) atoms. The van der Waals surface area contributed by atoms with Gasteiger partial charge in [0.05, 0.1) is 5.41 Å². The first kappa shape index (κ1) is 29.4. The van der Waals surface area contributed by atoms with Gasteiger partial charge in [-0.2, -0.15) is 0 Å². The van der Waals surface area contributed by atoms with Crippen LogP contribution in [0.3, 0.4) is 0 Å². The molecule has 0 radical (unpaired) electrons. The molecule has 6 saturated carbocycles. The molecule has 232 valence electrons. The highest BCUT2D eigenvalue weighted by Gasteiger charge is 2.75. The van der Waals surface area contributed by atoms with Gasteiger partial charge in [0.2, 0.25) is 0 Å². The Bertz CT molecular complexity index is 1150. The molecule has 5 atom stereocenters. The summed E-state index contributed by atoms with van der Waals surface area (Å²) in [5, 5.41) is 0. The molecular weight excluding hydrogens is 544 g/mol. The van der Waals surface area contributed by atoms with E-state index in [-0.39, 0.29) is 17.8 Å². The van der Waals surface area contributed by atoms with Crippen LogP contribution in [0.4, 0.5) is 0 Å². The van der Waals surface area contributed by atoms with Gasteiger partial charge in [0.25, 0.3) is 0 Å². The van der Waals surface area contributed by atoms with Gasteiger partial charge in [-0.05, 0) is 103 Å². The molecule has 0 amide bonds. The maximum atomic E-state index is 13.3. The van der Waals surface area contributed by atoms with Gasteiger partial charge in [0.1, 0.15) is 17.8 Å². The SMILES string of the molecule is CCC(C)(C)C(=O)OCC(=O)OC1C2CC3C1OC(=O)C3(C(=O)OCC(=O)OC(C)(C)C13CC4CC(CC(C4)C1)C3)C2. The number of carbonyl (C=O) groups is 5. The van der Waals surface area contributed by atoms with Crippen LogP contribution in [0.1, 0.15) is 92.4 Å². The number of esters is 5. The van der Waals surface area contributed by atoms with E-state index in [1.54, 1.807) is 13.8 Å². The molecule has 7 fully saturated rings. The van der Waals surface area contributed by atoms with Crippen molar-refractivity contribution in [1.29, 1.82) is 0 Å². The summed E-state index contributed by atoms with van der Waals surface area (Å²) in [6.45, 7) is 8.19. The van der Waals surface area contributed by atoms with Gasteiger partial charge in [-0.15, -0.1) is 0 Å². The lowest BCUT2D eigenvalue weighted by molar-refractivity contribution is -0.204. The predicted octanol–water partition coefficient (Wildman–Crippen LogP) is 3.91. The van der Waals surface area contributed by atoms with Crippen molar-refractivity contribution in [2.24, 2.45) is 45.8 Å². The molecule has 0 aromatic rings. The molecule has 1 saturated heterocycles. The average molecular weight is 589 g/mol. The van der Waals surface area contributed by atoms with Crippen molar-refractivity contribution >= 4 is 29.8 Å². The van der Waals surface area contributed by atoms with E-state index in [1.165, 1.54) is 19.3 Å². The van der Waals surface area contributed by atoms with E-state index in [1.807, 2.05) is 20.8 Å². The van der Waals surface area contributed by atoms with Gasteiger partial charge in [0, 0.05) is 17.3 Å². The van der Waals surface area contributed by atoms with Crippen molar-refractivity contribution in [2.45, 2.75) is 110 Å². The zero-order chi connectivity index (χ0) is 30.2. The molecular formula is C32H44O10. The molecule has 10 nitrogen and oxygen atoms in total. The molecule has 6 aliphatic carbocycles. The third-order valence-electron chi connectivity index (χ3n) is 12.0. The number of hydrogen-bond donors (Lipinski definition) is 0. The van der Waals surface area contributed by atoms with Crippen LogP contribution in [-0.2, 0) is 47.7 Å². The van der Waals surface area contributed by atoms with E-state index in [2.05, 4.69) is 0 Å².